The first-order chi connectivity index (χ1) is 7.13. The Kier molecular flexibility index (Phi) is 4.12. The second-order valence-electron chi connectivity index (χ2n) is 3.70. The second-order valence-corrected chi connectivity index (χ2v) is 3.70. The zero-order valence-electron chi connectivity index (χ0n) is 9.79. The highest BCUT2D eigenvalue weighted by atomic mass is 16.5. The number of nitrogens with one attached hydrogen (secondary N) is 1. The molecule has 3 nitrogen and oxygen atoms in total. The molecule has 1 rings (SSSR count). The molecule has 15 heavy (non-hydrogen) atoms. The van der Waals surface area contributed by atoms with Crippen molar-refractivity contribution in [2.24, 2.45) is 0 Å². The average molecular weight is 209 g/mol. The molecule has 1 aromatic carbocycles. The quantitative estimate of drug-likeness (QED) is 0.790. The highest BCUT2D eigenvalue weighted by molar-refractivity contribution is 5.43. The smallest absolute Gasteiger partial charge is 0.124 e. The second kappa shape index (κ2) is 5.14. The zero-order valence-corrected chi connectivity index (χ0v) is 9.79. The summed E-state index contributed by atoms with van der Waals surface area (Å²) in [5.74, 6) is 0.825. The molecule has 0 aromatic heterocycles. The molecule has 1 unspecified atom stereocenters. The first kappa shape index (κ1) is 12.0. The van der Waals surface area contributed by atoms with Crippen molar-refractivity contribution in [3.63, 3.8) is 0 Å². The van der Waals surface area contributed by atoms with Gasteiger partial charge in [0, 0.05) is 5.56 Å². The number of hydrogen-bond acceptors (Lipinski definition) is 3. The van der Waals surface area contributed by atoms with Crippen molar-refractivity contribution < 1.29 is 9.84 Å². The van der Waals surface area contributed by atoms with E-state index in [0.29, 0.717) is 0 Å². The van der Waals surface area contributed by atoms with Crippen LogP contribution >= 0.6 is 0 Å². The van der Waals surface area contributed by atoms with E-state index in [4.69, 9.17) is 4.74 Å². The maximum Gasteiger partial charge on any atom is 0.124 e. The number of ether oxygens (including phenoxy) is 1. The van der Waals surface area contributed by atoms with Crippen molar-refractivity contribution in [2.75, 3.05) is 20.8 Å². The van der Waals surface area contributed by atoms with Gasteiger partial charge in [0.15, 0.2) is 0 Å². The Labute approximate surface area is 91.1 Å². The fourth-order valence-corrected chi connectivity index (χ4v) is 1.61. The van der Waals surface area contributed by atoms with Gasteiger partial charge in [-0.15, -0.1) is 0 Å². The zero-order chi connectivity index (χ0) is 11.4. The summed E-state index contributed by atoms with van der Waals surface area (Å²) in [6, 6.07) is 4.00. The van der Waals surface area contributed by atoms with E-state index in [1.54, 1.807) is 7.11 Å². The van der Waals surface area contributed by atoms with Crippen LogP contribution in [-0.2, 0) is 0 Å². The Morgan fingerprint density at radius 2 is 1.93 bits per heavy atom. The van der Waals surface area contributed by atoms with E-state index >= 15 is 0 Å². The van der Waals surface area contributed by atoms with Crippen LogP contribution in [0.5, 0.6) is 5.75 Å². The number of aliphatic hydroxyl groups excluding tert-OH is 1. The number of hydrogen-bond donors (Lipinski definition) is 2. The maximum absolute atomic E-state index is 9.24. The van der Waals surface area contributed by atoms with E-state index in [1.165, 1.54) is 11.1 Å². The molecular formula is C12H19NO2. The van der Waals surface area contributed by atoms with Gasteiger partial charge in [-0.2, -0.15) is 0 Å². The minimum Gasteiger partial charge on any atom is -0.496 e. The largest absolute Gasteiger partial charge is 0.496 e. The Bertz CT molecular complexity index is 333. The molecule has 0 amide bonds. The SMILES string of the molecule is CNC(CO)c1cc(C)c(C)cc1OC. The highest BCUT2D eigenvalue weighted by Gasteiger charge is 2.14. The van der Waals surface area contributed by atoms with Gasteiger partial charge in [-0.1, -0.05) is 6.07 Å². The third kappa shape index (κ3) is 2.49. The van der Waals surface area contributed by atoms with Gasteiger partial charge in [0.1, 0.15) is 5.75 Å². The van der Waals surface area contributed by atoms with Gasteiger partial charge >= 0.3 is 0 Å². The maximum atomic E-state index is 9.24. The van der Waals surface area contributed by atoms with Crippen LogP contribution in [0.15, 0.2) is 12.1 Å². The van der Waals surface area contributed by atoms with Gasteiger partial charge in [0.2, 0.25) is 0 Å². The molecule has 0 heterocycles. The number of methoxy groups -OCH3 is 1. The highest BCUT2D eigenvalue weighted by Crippen LogP contribution is 2.28. The first-order valence-corrected chi connectivity index (χ1v) is 5.07. The molecule has 1 atom stereocenters. The summed E-state index contributed by atoms with van der Waals surface area (Å²) in [5, 5.41) is 12.3. The molecular weight excluding hydrogens is 190 g/mol. The molecule has 0 fully saturated rings. The van der Waals surface area contributed by atoms with Gasteiger partial charge in [-0.3, -0.25) is 0 Å². The molecule has 0 aliphatic heterocycles. The van der Waals surface area contributed by atoms with E-state index in [2.05, 4.69) is 25.2 Å². The van der Waals surface area contributed by atoms with Crippen LogP contribution in [0.4, 0.5) is 0 Å². The summed E-state index contributed by atoms with van der Waals surface area (Å²) in [6.45, 7) is 4.17. The van der Waals surface area contributed by atoms with Crippen LogP contribution in [0.3, 0.4) is 0 Å². The van der Waals surface area contributed by atoms with Gasteiger partial charge in [0.05, 0.1) is 19.8 Å². The molecule has 1 aromatic rings. The van der Waals surface area contributed by atoms with Gasteiger partial charge < -0.3 is 15.2 Å². The van der Waals surface area contributed by atoms with Crippen molar-refractivity contribution in [3.05, 3.63) is 28.8 Å². The van der Waals surface area contributed by atoms with E-state index in [-0.39, 0.29) is 12.6 Å². The minimum absolute atomic E-state index is 0.0648. The molecule has 0 saturated heterocycles. The average Bonchev–Trinajstić information content (AvgIpc) is 2.24. The summed E-state index contributed by atoms with van der Waals surface area (Å²) < 4.78 is 5.31. The summed E-state index contributed by atoms with van der Waals surface area (Å²) >= 11 is 0. The molecule has 0 radical (unpaired) electrons. The van der Waals surface area contributed by atoms with Gasteiger partial charge in [-0.05, 0) is 38.1 Å². The molecule has 0 bridgehead atoms. The number of rotatable bonds is 4. The van der Waals surface area contributed by atoms with E-state index in [9.17, 15) is 5.11 Å². The van der Waals surface area contributed by atoms with Crippen molar-refractivity contribution in [2.45, 2.75) is 19.9 Å². The van der Waals surface area contributed by atoms with E-state index < -0.39 is 0 Å². The van der Waals surface area contributed by atoms with Crippen LogP contribution in [0.1, 0.15) is 22.7 Å². The summed E-state index contributed by atoms with van der Waals surface area (Å²) in [6.07, 6.45) is 0. The number of likely N-dealkylation sites (N-methyl/N-ethyl adjacent to an activating group) is 1. The van der Waals surface area contributed by atoms with Crippen molar-refractivity contribution in [3.8, 4) is 5.75 Å². The molecule has 3 heteroatoms. The van der Waals surface area contributed by atoms with Crippen LogP contribution in [-0.4, -0.2) is 25.9 Å². The Morgan fingerprint density at radius 3 is 2.40 bits per heavy atom. The first-order valence-electron chi connectivity index (χ1n) is 5.07. The topological polar surface area (TPSA) is 41.5 Å². The fourth-order valence-electron chi connectivity index (χ4n) is 1.61. The van der Waals surface area contributed by atoms with Crippen LogP contribution in [0.25, 0.3) is 0 Å². The molecule has 0 saturated carbocycles. The molecule has 0 spiro atoms. The minimum atomic E-state index is -0.0701. The molecule has 84 valence electrons. The van der Waals surface area contributed by atoms with Crippen molar-refractivity contribution in [1.29, 1.82) is 0 Å². The number of aliphatic hydroxyl groups is 1. The third-order valence-electron chi connectivity index (χ3n) is 2.75. The van der Waals surface area contributed by atoms with Gasteiger partial charge in [-0.25, -0.2) is 0 Å². The predicted molar refractivity (Wildman–Crippen MR) is 61.4 cm³/mol. The number of aryl methyl sites for hydroxylation is 2. The van der Waals surface area contributed by atoms with Crippen LogP contribution in [0, 0.1) is 13.8 Å². The normalized spacial score (nSPS) is 12.6. The van der Waals surface area contributed by atoms with Gasteiger partial charge in [0.25, 0.3) is 0 Å². The monoisotopic (exact) mass is 209 g/mol. The van der Waals surface area contributed by atoms with E-state index in [1.807, 2.05) is 13.1 Å². The Balaban J connectivity index is 3.20. The van der Waals surface area contributed by atoms with Crippen LogP contribution < -0.4 is 10.1 Å². The van der Waals surface area contributed by atoms with Crippen molar-refractivity contribution in [1.82, 2.24) is 5.32 Å². The summed E-state index contributed by atoms with van der Waals surface area (Å²) in [4.78, 5) is 0. The van der Waals surface area contributed by atoms with Crippen LogP contribution in [0.2, 0.25) is 0 Å². The lowest BCUT2D eigenvalue weighted by Crippen LogP contribution is -2.20. The lowest BCUT2D eigenvalue weighted by Gasteiger charge is -2.18. The van der Waals surface area contributed by atoms with E-state index in [0.717, 1.165) is 11.3 Å². The predicted octanol–water partition coefficient (Wildman–Crippen LogP) is 1.56. The lowest BCUT2D eigenvalue weighted by molar-refractivity contribution is 0.247. The Hall–Kier alpha value is -1.06. The standard InChI is InChI=1S/C12H19NO2/c1-8-5-10(11(7-14)13-3)12(15-4)6-9(8)2/h5-6,11,13-14H,7H2,1-4H3. The Morgan fingerprint density at radius 1 is 1.33 bits per heavy atom. The number of benzene rings is 1. The molecule has 0 aliphatic rings. The third-order valence-corrected chi connectivity index (χ3v) is 2.75. The summed E-state index contributed by atoms with van der Waals surface area (Å²) in [5.41, 5.74) is 3.41. The molecule has 0 aliphatic carbocycles. The molecule has 2 N–H and O–H groups in total. The van der Waals surface area contributed by atoms with Crippen molar-refractivity contribution >= 4 is 0 Å². The summed E-state index contributed by atoms with van der Waals surface area (Å²) in [7, 11) is 3.48. The fraction of sp³-hybridized carbons (Fsp3) is 0.500. The lowest BCUT2D eigenvalue weighted by atomic mass is 10.00.